The van der Waals surface area contributed by atoms with Gasteiger partial charge in [0.25, 0.3) is 5.56 Å². The summed E-state index contributed by atoms with van der Waals surface area (Å²) in [6, 6.07) is 6.72. The second kappa shape index (κ2) is 7.57. The number of aromatic nitrogens is 2. The number of halogens is 1. The van der Waals surface area contributed by atoms with Crippen LogP contribution in [0.2, 0.25) is 5.02 Å². The SMILES string of the molecule is O=C(CCn1ccc(=O)[nH]c1=O)Nc1ccc(N2CCCC2)c(Cl)c1. The predicted molar refractivity (Wildman–Crippen MR) is 97.5 cm³/mol. The molecule has 1 aliphatic heterocycles. The fraction of sp³-hybridized carbons (Fsp3) is 0.353. The molecule has 0 spiro atoms. The molecule has 2 heterocycles. The molecule has 0 aliphatic carbocycles. The summed E-state index contributed by atoms with van der Waals surface area (Å²) in [5, 5.41) is 3.38. The van der Waals surface area contributed by atoms with Gasteiger partial charge >= 0.3 is 5.69 Å². The Morgan fingerprint density at radius 1 is 1.20 bits per heavy atom. The number of aromatic amines is 1. The van der Waals surface area contributed by atoms with Crippen LogP contribution < -0.4 is 21.5 Å². The summed E-state index contributed by atoms with van der Waals surface area (Å²) >= 11 is 6.33. The van der Waals surface area contributed by atoms with Gasteiger partial charge in [0.05, 0.1) is 10.7 Å². The Kier molecular flexibility index (Phi) is 5.23. The lowest BCUT2D eigenvalue weighted by Gasteiger charge is -2.19. The number of rotatable bonds is 5. The van der Waals surface area contributed by atoms with Crippen molar-refractivity contribution in [3.05, 3.63) is 56.3 Å². The summed E-state index contributed by atoms with van der Waals surface area (Å²) in [4.78, 5) is 39.0. The molecule has 1 fully saturated rings. The van der Waals surface area contributed by atoms with Crippen molar-refractivity contribution in [1.82, 2.24) is 9.55 Å². The number of benzene rings is 1. The molecule has 0 atom stereocenters. The van der Waals surface area contributed by atoms with Crippen molar-refractivity contribution in [2.45, 2.75) is 25.8 Å². The fourth-order valence-electron chi connectivity index (χ4n) is 2.86. The molecule has 1 aliphatic rings. The monoisotopic (exact) mass is 362 g/mol. The van der Waals surface area contributed by atoms with Gasteiger partial charge in [0.1, 0.15) is 0 Å². The zero-order valence-corrected chi connectivity index (χ0v) is 14.4. The minimum atomic E-state index is -0.529. The van der Waals surface area contributed by atoms with Crippen LogP contribution in [0.1, 0.15) is 19.3 Å². The Balaban J connectivity index is 1.60. The number of aryl methyl sites for hydroxylation is 1. The largest absolute Gasteiger partial charge is 0.370 e. The van der Waals surface area contributed by atoms with Crippen LogP contribution in [0, 0.1) is 0 Å². The van der Waals surface area contributed by atoms with Crippen LogP contribution in [-0.2, 0) is 11.3 Å². The van der Waals surface area contributed by atoms with E-state index in [9.17, 15) is 14.4 Å². The molecule has 1 amide bonds. The summed E-state index contributed by atoms with van der Waals surface area (Å²) in [5.41, 5.74) is 0.612. The number of H-pyrrole nitrogens is 1. The highest BCUT2D eigenvalue weighted by molar-refractivity contribution is 6.33. The maximum Gasteiger partial charge on any atom is 0.328 e. The Labute approximate surface area is 149 Å². The lowest BCUT2D eigenvalue weighted by Crippen LogP contribution is -2.29. The molecule has 1 saturated heterocycles. The molecular formula is C17H19ClN4O3. The van der Waals surface area contributed by atoms with Crippen molar-refractivity contribution in [3.63, 3.8) is 0 Å². The first kappa shape index (κ1) is 17.3. The highest BCUT2D eigenvalue weighted by atomic mass is 35.5. The van der Waals surface area contributed by atoms with Crippen molar-refractivity contribution in [2.75, 3.05) is 23.3 Å². The Morgan fingerprint density at radius 2 is 1.96 bits per heavy atom. The second-order valence-electron chi connectivity index (χ2n) is 5.96. The van der Waals surface area contributed by atoms with Crippen molar-refractivity contribution in [2.24, 2.45) is 0 Å². The standard InChI is InChI=1S/C17H19ClN4O3/c18-13-11-12(3-4-14(13)21-7-1-2-8-21)19-15(23)5-9-22-10-6-16(24)20-17(22)25/h3-4,6,10-11H,1-2,5,7-9H2,(H,19,23)(H,20,24,25). The molecular weight excluding hydrogens is 344 g/mol. The minimum absolute atomic E-state index is 0.109. The van der Waals surface area contributed by atoms with Gasteiger partial charge < -0.3 is 14.8 Å². The van der Waals surface area contributed by atoms with Crippen LogP contribution >= 0.6 is 11.6 Å². The lowest BCUT2D eigenvalue weighted by atomic mass is 10.2. The number of nitrogens with one attached hydrogen (secondary N) is 2. The van der Waals surface area contributed by atoms with E-state index < -0.39 is 11.2 Å². The van der Waals surface area contributed by atoms with Gasteiger partial charge in [-0.05, 0) is 31.0 Å². The Morgan fingerprint density at radius 3 is 2.64 bits per heavy atom. The predicted octanol–water partition coefficient (Wildman–Crippen LogP) is 1.82. The molecule has 2 N–H and O–H groups in total. The van der Waals surface area contributed by atoms with E-state index in [1.807, 2.05) is 12.1 Å². The average Bonchev–Trinajstić information content (AvgIpc) is 3.08. The highest BCUT2D eigenvalue weighted by Crippen LogP contribution is 2.31. The molecule has 8 heteroatoms. The highest BCUT2D eigenvalue weighted by Gasteiger charge is 2.15. The zero-order chi connectivity index (χ0) is 17.8. The Bertz CT molecular complexity index is 884. The van der Waals surface area contributed by atoms with Crippen molar-refractivity contribution >= 4 is 28.9 Å². The quantitative estimate of drug-likeness (QED) is 0.849. The smallest absolute Gasteiger partial charge is 0.328 e. The number of carbonyl (C=O) groups is 1. The lowest BCUT2D eigenvalue weighted by molar-refractivity contribution is -0.116. The van der Waals surface area contributed by atoms with E-state index in [2.05, 4.69) is 15.2 Å². The molecule has 1 aromatic carbocycles. The van der Waals surface area contributed by atoms with E-state index in [-0.39, 0.29) is 18.9 Å². The van der Waals surface area contributed by atoms with E-state index in [0.717, 1.165) is 18.8 Å². The molecule has 0 unspecified atom stereocenters. The first-order valence-electron chi connectivity index (χ1n) is 8.17. The van der Waals surface area contributed by atoms with Crippen molar-refractivity contribution < 1.29 is 4.79 Å². The van der Waals surface area contributed by atoms with E-state index in [0.29, 0.717) is 10.7 Å². The average molecular weight is 363 g/mol. The maximum atomic E-state index is 12.1. The number of hydrogen-bond donors (Lipinski definition) is 2. The first-order valence-corrected chi connectivity index (χ1v) is 8.55. The third-order valence-electron chi connectivity index (χ3n) is 4.15. The topological polar surface area (TPSA) is 87.2 Å². The molecule has 0 bridgehead atoms. The normalized spacial score (nSPS) is 13.9. The second-order valence-corrected chi connectivity index (χ2v) is 6.37. The van der Waals surface area contributed by atoms with E-state index in [1.165, 1.54) is 29.7 Å². The van der Waals surface area contributed by atoms with Gasteiger partial charge in [-0.25, -0.2) is 4.79 Å². The Hall–Kier alpha value is -2.54. The number of amides is 1. The van der Waals surface area contributed by atoms with Crippen LogP contribution in [0.15, 0.2) is 40.1 Å². The summed E-state index contributed by atoms with van der Waals surface area (Å²) in [5.74, 6) is -0.233. The number of carbonyl (C=O) groups excluding carboxylic acids is 1. The fourth-order valence-corrected chi connectivity index (χ4v) is 3.17. The first-order chi connectivity index (χ1) is 12.0. The van der Waals surface area contributed by atoms with Crippen LogP contribution in [0.4, 0.5) is 11.4 Å². The number of hydrogen-bond acceptors (Lipinski definition) is 4. The van der Waals surface area contributed by atoms with Gasteiger partial charge in [-0.15, -0.1) is 0 Å². The van der Waals surface area contributed by atoms with Crippen LogP contribution in [0.25, 0.3) is 0 Å². The third-order valence-corrected chi connectivity index (χ3v) is 4.46. The van der Waals surface area contributed by atoms with Crippen LogP contribution in [0.5, 0.6) is 0 Å². The van der Waals surface area contributed by atoms with Gasteiger partial charge in [-0.3, -0.25) is 14.6 Å². The molecule has 0 saturated carbocycles. The number of anilines is 2. The molecule has 7 nitrogen and oxygen atoms in total. The molecule has 2 aromatic rings. The third kappa shape index (κ3) is 4.30. The van der Waals surface area contributed by atoms with Crippen molar-refractivity contribution in [3.8, 4) is 0 Å². The minimum Gasteiger partial charge on any atom is -0.370 e. The van der Waals surface area contributed by atoms with Gasteiger partial charge in [0, 0.05) is 44.0 Å². The van der Waals surface area contributed by atoms with Crippen LogP contribution in [0.3, 0.4) is 0 Å². The van der Waals surface area contributed by atoms with Crippen LogP contribution in [-0.4, -0.2) is 28.5 Å². The van der Waals surface area contributed by atoms with E-state index in [4.69, 9.17) is 11.6 Å². The summed E-state index contributed by atoms with van der Waals surface area (Å²) in [6.45, 7) is 2.18. The van der Waals surface area contributed by atoms with Crippen molar-refractivity contribution in [1.29, 1.82) is 0 Å². The van der Waals surface area contributed by atoms with E-state index in [1.54, 1.807) is 6.07 Å². The number of nitrogens with zero attached hydrogens (tertiary/aromatic N) is 2. The van der Waals surface area contributed by atoms with E-state index >= 15 is 0 Å². The molecule has 1 aromatic heterocycles. The zero-order valence-electron chi connectivity index (χ0n) is 13.6. The molecule has 3 rings (SSSR count). The van der Waals surface area contributed by atoms with Gasteiger partial charge in [-0.1, -0.05) is 11.6 Å². The summed E-state index contributed by atoms with van der Waals surface area (Å²) < 4.78 is 1.28. The maximum absolute atomic E-state index is 12.1. The van der Waals surface area contributed by atoms with Gasteiger partial charge in [0.15, 0.2) is 0 Å². The van der Waals surface area contributed by atoms with Gasteiger partial charge in [0.2, 0.25) is 5.91 Å². The molecule has 25 heavy (non-hydrogen) atoms. The molecule has 0 radical (unpaired) electrons. The van der Waals surface area contributed by atoms with Gasteiger partial charge in [-0.2, -0.15) is 0 Å². The summed E-state index contributed by atoms with van der Waals surface area (Å²) in [6.07, 6.45) is 3.81. The summed E-state index contributed by atoms with van der Waals surface area (Å²) in [7, 11) is 0. The molecule has 132 valence electrons.